The van der Waals surface area contributed by atoms with Crippen molar-refractivity contribution < 1.29 is 23.8 Å². The smallest absolute Gasteiger partial charge is 0.335 e. The molecule has 1 atom stereocenters. The van der Waals surface area contributed by atoms with Crippen molar-refractivity contribution in [2.75, 3.05) is 19.7 Å². The molecular weight excluding hydrogens is 601 g/mol. The number of nitrogens with zero attached hydrogens (tertiary/aromatic N) is 7. The summed E-state index contributed by atoms with van der Waals surface area (Å²) in [4.78, 5) is 24.4. The van der Waals surface area contributed by atoms with Crippen molar-refractivity contribution in [2.45, 2.75) is 51.0 Å². The number of aromatic carboxylic acids is 1. The summed E-state index contributed by atoms with van der Waals surface area (Å²) >= 11 is 0. The first-order chi connectivity index (χ1) is 22.8. The Morgan fingerprint density at radius 1 is 1.15 bits per heavy atom. The van der Waals surface area contributed by atoms with Crippen LogP contribution in [0.25, 0.3) is 22.2 Å². The highest BCUT2D eigenvalue weighted by atomic mass is 19.1. The molecule has 0 bridgehead atoms. The maximum atomic E-state index is 14.3. The zero-order valence-corrected chi connectivity index (χ0v) is 26.0. The quantitative estimate of drug-likeness (QED) is 0.218. The van der Waals surface area contributed by atoms with Gasteiger partial charge in [0, 0.05) is 54.2 Å². The normalized spacial score (nSPS) is 17.0. The van der Waals surface area contributed by atoms with Crippen molar-refractivity contribution in [3.63, 3.8) is 0 Å². The first-order valence-electron chi connectivity index (χ1n) is 15.7. The predicted octanol–water partition coefficient (Wildman–Crippen LogP) is 5.29. The van der Waals surface area contributed by atoms with Gasteiger partial charge in [0.1, 0.15) is 18.2 Å². The summed E-state index contributed by atoms with van der Waals surface area (Å²) in [6.07, 6.45) is 6.43. The van der Waals surface area contributed by atoms with Crippen LogP contribution in [0.4, 0.5) is 4.39 Å². The van der Waals surface area contributed by atoms with E-state index in [4.69, 9.17) is 24.7 Å². The summed E-state index contributed by atoms with van der Waals surface area (Å²) in [5.41, 5.74) is 4.89. The molecule has 0 radical (unpaired) electrons. The molecule has 12 heteroatoms. The van der Waals surface area contributed by atoms with Gasteiger partial charge < -0.3 is 19.1 Å². The van der Waals surface area contributed by atoms with Gasteiger partial charge in [0.2, 0.25) is 5.88 Å². The minimum atomic E-state index is -0.988. The molecule has 5 heterocycles. The lowest BCUT2D eigenvalue weighted by Gasteiger charge is -2.32. The SMILES string of the molecule is Cn1cc(-c2cc(C(=O)O)cc3c2nc(CN2CCC(c4cccc(OCc5ccc(C#N)cc5F)n4)CC2)n3C[C@@H]2CCO2)cn1. The van der Waals surface area contributed by atoms with Gasteiger partial charge >= 0.3 is 5.97 Å². The molecule has 7 rings (SSSR count). The number of aryl methyl sites for hydroxylation is 1. The van der Waals surface area contributed by atoms with E-state index in [2.05, 4.69) is 14.6 Å². The van der Waals surface area contributed by atoms with Crippen molar-refractivity contribution in [3.05, 3.63) is 95.0 Å². The molecule has 0 saturated carbocycles. The zero-order chi connectivity index (χ0) is 32.5. The molecule has 2 saturated heterocycles. The molecule has 0 spiro atoms. The Bertz CT molecular complexity index is 1990. The summed E-state index contributed by atoms with van der Waals surface area (Å²) in [5.74, 6) is 0.102. The second kappa shape index (κ2) is 12.9. The number of piperidine rings is 1. The highest BCUT2D eigenvalue weighted by Crippen LogP contribution is 2.33. The lowest BCUT2D eigenvalue weighted by atomic mass is 9.93. The Labute approximate surface area is 270 Å². The Kier molecular flexibility index (Phi) is 8.41. The average molecular weight is 636 g/mol. The first-order valence-corrected chi connectivity index (χ1v) is 15.7. The predicted molar refractivity (Wildman–Crippen MR) is 170 cm³/mol. The van der Waals surface area contributed by atoms with Crippen LogP contribution in [0.15, 0.2) is 60.9 Å². The van der Waals surface area contributed by atoms with Gasteiger partial charge in [-0.05, 0) is 62.7 Å². The molecule has 5 aromatic rings. The van der Waals surface area contributed by atoms with E-state index in [1.54, 1.807) is 41.2 Å². The maximum absolute atomic E-state index is 14.3. The highest BCUT2D eigenvalue weighted by Gasteiger charge is 2.27. The Hall–Kier alpha value is -5.12. The topological polar surface area (TPSA) is 131 Å². The second-order valence-corrected chi connectivity index (χ2v) is 12.2. The molecule has 11 nitrogen and oxygen atoms in total. The molecule has 3 aromatic heterocycles. The molecule has 240 valence electrons. The summed E-state index contributed by atoms with van der Waals surface area (Å²) in [6, 6.07) is 15.4. The molecule has 0 aliphatic carbocycles. The number of hydrogen-bond acceptors (Lipinski definition) is 8. The number of carbonyl (C=O) groups is 1. The Morgan fingerprint density at radius 2 is 1.98 bits per heavy atom. The summed E-state index contributed by atoms with van der Waals surface area (Å²) < 4.78 is 29.8. The summed E-state index contributed by atoms with van der Waals surface area (Å²) in [6.45, 7) is 3.67. The van der Waals surface area contributed by atoms with Crippen molar-refractivity contribution in [1.29, 1.82) is 5.26 Å². The number of imidazole rings is 1. The van der Waals surface area contributed by atoms with Gasteiger partial charge in [-0.2, -0.15) is 10.4 Å². The van der Waals surface area contributed by atoms with Gasteiger partial charge in [-0.1, -0.05) is 12.1 Å². The van der Waals surface area contributed by atoms with E-state index >= 15 is 0 Å². The number of rotatable bonds is 10. The van der Waals surface area contributed by atoms with Gasteiger partial charge in [0.25, 0.3) is 0 Å². The number of ether oxygens (including phenoxy) is 2. The molecular formula is C35H34FN7O4. The molecule has 47 heavy (non-hydrogen) atoms. The van der Waals surface area contributed by atoms with Crippen LogP contribution in [-0.4, -0.2) is 66.1 Å². The number of fused-ring (bicyclic) bond motifs is 1. The van der Waals surface area contributed by atoms with Crippen LogP contribution in [-0.2, 0) is 31.5 Å². The van der Waals surface area contributed by atoms with Gasteiger partial charge in [-0.25, -0.2) is 19.2 Å². The van der Waals surface area contributed by atoms with Crippen LogP contribution in [0.5, 0.6) is 5.88 Å². The summed E-state index contributed by atoms with van der Waals surface area (Å²) in [5, 5.41) is 23.2. The van der Waals surface area contributed by atoms with E-state index in [0.29, 0.717) is 24.5 Å². The molecule has 0 amide bonds. The van der Waals surface area contributed by atoms with E-state index in [-0.39, 0.29) is 29.8 Å². The van der Waals surface area contributed by atoms with Gasteiger partial charge in [0.15, 0.2) is 0 Å². The Morgan fingerprint density at radius 3 is 2.66 bits per heavy atom. The van der Waals surface area contributed by atoms with Gasteiger partial charge in [-0.15, -0.1) is 0 Å². The number of nitriles is 1. The van der Waals surface area contributed by atoms with E-state index in [0.717, 1.165) is 72.6 Å². The van der Waals surface area contributed by atoms with Crippen LogP contribution in [0.3, 0.4) is 0 Å². The fourth-order valence-corrected chi connectivity index (χ4v) is 6.34. The fourth-order valence-electron chi connectivity index (χ4n) is 6.34. The number of carboxylic acid groups (broad SMARTS) is 1. The number of hydrogen-bond donors (Lipinski definition) is 1. The lowest BCUT2D eigenvalue weighted by Crippen LogP contribution is -2.35. The molecule has 2 aromatic carbocycles. The van der Waals surface area contributed by atoms with Gasteiger partial charge in [0.05, 0.1) is 53.6 Å². The third kappa shape index (κ3) is 6.45. The highest BCUT2D eigenvalue weighted by molar-refractivity contribution is 6.00. The molecule has 2 aliphatic heterocycles. The number of likely N-dealkylation sites (tertiary alicyclic amines) is 1. The van der Waals surface area contributed by atoms with Crippen molar-refractivity contribution in [3.8, 4) is 23.1 Å². The van der Waals surface area contributed by atoms with Crippen molar-refractivity contribution in [2.24, 2.45) is 7.05 Å². The van der Waals surface area contributed by atoms with Crippen molar-refractivity contribution in [1.82, 2.24) is 29.2 Å². The Balaban J connectivity index is 1.08. The lowest BCUT2D eigenvalue weighted by molar-refractivity contribution is -0.0592. The average Bonchev–Trinajstić information content (AvgIpc) is 3.64. The summed E-state index contributed by atoms with van der Waals surface area (Å²) in [7, 11) is 1.83. The molecule has 1 N–H and O–H groups in total. The van der Waals surface area contributed by atoms with Crippen LogP contribution >= 0.6 is 0 Å². The first kappa shape index (κ1) is 30.5. The number of benzene rings is 2. The zero-order valence-electron chi connectivity index (χ0n) is 26.0. The third-order valence-electron chi connectivity index (χ3n) is 9.05. The van der Waals surface area contributed by atoms with Crippen LogP contribution in [0.1, 0.15) is 58.2 Å². The van der Waals surface area contributed by atoms with Crippen LogP contribution in [0.2, 0.25) is 0 Å². The monoisotopic (exact) mass is 635 g/mol. The fraction of sp³-hybridized carbons (Fsp3) is 0.343. The van der Waals surface area contributed by atoms with E-state index in [1.807, 2.05) is 31.4 Å². The number of aromatic nitrogens is 5. The van der Waals surface area contributed by atoms with E-state index in [9.17, 15) is 14.3 Å². The third-order valence-corrected chi connectivity index (χ3v) is 9.05. The minimum Gasteiger partial charge on any atom is -0.478 e. The van der Waals surface area contributed by atoms with Crippen LogP contribution < -0.4 is 4.74 Å². The molecule has 2 aliphatic rings. The van der Waals surface area contributed by atoms with E-state index < -0.39 is 11.8 Å². The van der Waals surface area contributed by atoms with Crippen molar-refractivity contribution >= 4 is 17.0 Å². The second-order valence-electron chi connectivity index (χ2n) is 12.2. The standard InChI is InChI=1S/C35H34FN7O4/c1-41-18-26(17-38-41)28-14-25(35(44)45)15-31-34(28)40-32(43(31)19-27-9-12-46-27)20-42-10-7-23(8-11-42)30-3-2-4-33(39-30)47-21-24-6-5-22(16-37)13-29(24)36/h2-6,13-15,17-18,23,27H,7-12,19-21H2,1H3,(H,44,45)/t27-/m0/s1. The molecule has 0 unspecified atom stereocenters. The van der Waals surface area contributed by atoms with E-state index in [1.165, 1.54) is 6.07 Å². The number of carboxylic acids is 1. The largest absolute Gasteiger partial charge is 0.478 e. The minimum absolute atomic E-state index is 0.0236. The van der Waals surface area contributed by atoms with Crippen LogP contribution in [0, 0.1) is 17.1 Å². The number of halogens is 1. The maximum Gasteiger partial charge on any atom is 0.335 e. The molecule has 2 fully saturated rings. The van der Waals surface area contributed by atoms with Gasteiger partial charge in [-0.3, -0.25) is 9.58 Å². The number of pyridine rings is 1.